The van der Waals surface area contributed by atoms with Gasteiger partial charge in [-0.05, 0) is 24.6 Å². The smallest absolute Gasteiger partial charge is 0.145 e. The van der Waals surface area contributed by atoms with Crippen LogP contribution in [0.5, 0.6) is 0 Å². The van der Waals surface area contributed by atoms with Crippen molar-refractivity contribution >= 4 is 34.6 Å². The Bertz CT molecular complexity index is 796. The summed E-state index contributed by atoms with van der Waals surface area (Å²) in [7, 11) is 1.76. The van der Waals surface area contributed by atoms with Crippen LogP contribution in [0.2, 0.25) is 5.02 Å². The summed E-state index contributed by atoms with van der Waals surface area (Å²) >= 11 is 5.78. The normalized spacial score (nSPS) is 10.3. The molecule has 3 aromatic rings. The van der Waals surface area contributed by atoms with Crippen molar-refractivity contribution in [3.8, 4) is 0 Å². The minimum Gasteiger partial charge on any atom is -0.394 e. The topological polar surface area (TPSA) is 140 Å². The van der Waals surface area contributed by atoms with Crippen molar-refractivity contribution in [2.75, 3.05) is 22.9 Å². The highest BCUT2D eigenvalue weighted by Crippen LogP contribution is 2.16. The Morgan fingerprint density at radius 1 is 1.04 bits per heavy atom. The molecule has 1 aromatic carbocycles. The molecular weight excluding hydrogens is 328 g/mol. The van der Waals surface area contributed by atoms with Crippen LogP contribution < -0.4 is 22.9 Å². The second-order valence-electron chi connectivity index (χ2n) is 5.28. The van der Waals surface area contributed by atoms with E-state index >= 15 is 0 Å². The van der Waals surface area contributed by atoms with E-state index in [-0.39, 0.29) is 0 Å². The van der Waals surface area contributed by atoms with Crippen LogP contribution in [-0.2, 0) is 13.6 Å². The van der Waals surface area contributed by atoms with E-state index < -0.39 is 0 Å². The highest BCUT2D eigenvalue weighted by Gasteiger charge is 2.04. The molecule has 24 heavy (non-hydrogen) atoms. The van der Waals surface area contributed by atoms with Gasteiger partial charge in [0.05, 0.1) is 29.8 Å². The molecular formula is C15H21ClN8. The van der Waals surface area contributed by atoms with Crippen LogP contribution in [0, 0.1) is 6.92 Å². The SMILES string of the molecule is Cc1nn(C)c(N)c1N.Nc1cnn(Cc2ccc(Cl)cc2)c1N. The van der Waals surface area contributed by atoms with Crippen LogP contribution in [0.25, 0.3) is 0 Å². The van der Waals surface area contributed by atoms with Crippen LogP contribution >= 0.6 is 11.6 Å². The lowest BCUT2D eigenvalue weighted by molar-refractivity contribution is 0.697. The molecule has 0 bridgehead atoms. The summed E-state index contributed by atoms with van der Waals surface area (Å²) in [5, 5.41) is 8.76. The van der Waals surface area contributed by atoms with Gasteiger partial charge >= 0.3 is 0 Å². The Labute approximate surface area is 145 Å². The number of nitrogens with zero attached hydrogens (tertiary/aromatic N) is 4. The molecule has 0 saturated carbocycles. The molecule has 3 rings (SSSR count). The van der Waals surface area contributed by atoms with E-state index in [1.54, 1.807) is 22.6 Å². The Hall–Kier alpha value is -2.87. The molecule has 0 saturated heterocycles. The van der Waals surface area contributed by atoms with Gasteiger partial charge in [0.2, 0.25) is 0 Å². The summed E-state index contributed by atoms with van der Waals surface area (Å²) in [6.45, 7) is 2.42. The number of benzene rings is 1. The molecule has 0 radical (unpaired) electrons. The number of aryl methyl sites for hydroxylation is 2. The first-order chi connectivity index (χ1) is 11.3. The first-order valence-corrected chi connectivity index (χ1v) is 7.53. The van der Waals surface area contributed by atoms with Crippen LogP contribution in [0.4, 0.5) is 23.0 Å². The van der Waals surface area contributed by atoms with Gasteiger partial charge in [-0.2, -0.15) is 10.2 Å². The molecule has 0 aliphatic carbocycles. The molecule has 0 amide bonds. The average Bonchev–Trinajstić information content (AvgIpc) is 2.98. The quantitative estimate of drug-likeness (QED) is 0.555. The maximum atomic E-state index is 5.78. The molecule has 0 atom stereocenters. The van der Waals surface area contributed by atoms with E-state index in [1.807, 2.05) is 31.2 Å². The fourth-order valence-corrected chi connectivity index (χ4v) is 2.12. The highest BCUT2D eigenvalue weighted by atomic mass is 35.5. The van der Waals surface area contributed by atoms with E-state index in [9.17, 15) is 0 Å². The van der Waals surface area contributed by atoms with Gasteiger partial charge in [-0.25, -0.2) is 4.68 Å². The van der Waals surface area contributed by atoms with Gasteiger partial charge < -0.3 is 22.9 Å². The molecule has 8 N–H and O–H groups in total. The van der Waals surface area contributed by atoms with E-state index in [2.05, 4.69) is 10.2 Å². The van der Waals surface area contributed by atoms with Gasteiger partial charge in [0.15, 0.2) is 0 Å². The standard InChI is InChI=1S/C10H11ClN4.C5H10N4/c11-8-3-1-7(2-4-8)6-15-10(13)9(12)5-14-15;1-3-4(6)5(7)9(2)8-3/h1-5H,6,12-13H2;6-7H2,1-2H3. The third-order valence-electron chi connectivity index (χ3n) is 3.47. The minimum atomic E-state index is 0.491. The number of anilines is 4. The Kier molecular flexibility index (Phi) is 5.20. The zero-order valence-electron chi connectivity index (χ0n) is 13.6. The van der Waals surface area contributed by atoms with E-state index in [0.29, 0.717) is 34.6 Å². The van der Waals surface area contributed by atoms with Gasteiger partial charge in [0, 0.05) is 12.1 Å². The number of nitrogen functional groups attached to an aromatic ring is 4. The fourth-order valence-electron chi connectivity index (χ4n) is 1.99. The van der Waals surface area contributed by atoms with Crippen molar-refractivity contribution in [1.82, 2.24) is 19.6 Å². The molecule has 0 fully saturated rings. The summed E-state index contributed by atoms with van der Waals surface area (Å²) in [5.41, 5.74) is 25.2. The van der Waals surface area contributed by atoms with E-state index in [1.165, 1.54) is 0 Å². The van der Waals surface area contributed by atoms with Crippen molar-refractivity contribution in [2.24, 2.45) is 7.05 Å². The third kappa shape index (κ3) is 3.90. The molecule has 2 heterocycles. The molecule has 0 spiro atoms. The summed E-state index contributed by atoms with van der Waals surface area (Å²) in [5.74, 6) is 1.03. The van der Waals surface area contributed by atoms with E-state index in [4.69, 9.17) is 34.5 Å². The van der Waals surface area contributed by atoms with Crippen molar-refractivity contribution in [3.63, 3.8) is 0 Å². The lowest BCUT2D eigenvalue weighted by Crippen LogP contribution is -2.06. The van der Waals surface area contributed by atoms with Crippen LogP contribution in [-0.4, -0.2) is 19.6 Å². The lowest BCUT2D eigenvalue weighted by atomic mass is 10.2. The van der Waals surface area contributed by atoms with Gasteiger partial charge in [-0.15, -0.1) is 0 Å². The largest absolute Gasteiger partial charge is 0.394 e. The van der Waals surface area contributed by atoms with Crippen molar-refractivity contribution in [1.29, 1.82) is 0 Å². The maximum absolute atomic E-state index is 5.78. The second-order valence-corrected chi connectivity index (χ2v) is 5.71. The number of hydrogen-bond donors (Lipinski definition) is 4. The maximum Gasteiger partial charge on any atom is 0.145 e. The number of nitrogens with two attached hydrogens (primary N) is 4. The summed E-state index contributed by atoms with van der Waals surface area (Å²) in [6, 6.07) is 7.53. The van der Waals surface area contributed by atoms with Crippen molar-refractivity contribution in [3.05, 3.63) is 46.7 Å². The van der Waals surface area contributed by atoms with Crippen molar-refractivity contribution in [2.45, 2.75) is 13.5 Å². The second kappa shape index (κ2) is 7.14. The number of aromatic nitrogens is 4. The first kappa shape index (κ1) is 17.5. The third-order valence-corrected chi connectivity index (χ3v) is 3.72. The van der Waals surface area contributed by atoms with E-state index in [0.717, 1.165) is 11.3 Å². The van der Waals surface area contributed by atoms with Gasteiger partial charge in [0.1, 0.15) is 11.6 Å². The number of halogens is 1. The Morgan fingerprint density at radius 3 is 2.04 bits per heavy atom. The van der Waals surface area contributed by atoms with Gasteiger partial charge in [-0.3, -0.25) is 4.68 Å². The molecule has 0 aliphatic heterocycles. The summed E-state index contributed by atoms with van der Waals surface area (Å²) < 4.78 is 3.21. The zero-order chi connectivity index (χ0) is 17.9. The zero-order valence-corrected chi connectivity index (χ0v) is 14.3. The molecule has 9 heteroatoms. The van der Waals surface area contributed by atoms with Gasteiger partial charge in [0.25, 0.3) is 0 Å². The van der Waals surface area contributed by atoms with Crippen LogP contribution in [0.1, 0.15) is 11.3 Å². The van der Waals surface area contributed by atoms with Crippen LogP contribution in [0.3, 0.4) is 0 Å². The van der Waals surface area contributed by atoms with Gasteiger partial charge in [-0.1, -0.05) is 23.7 Å². The minimum absolute atomic E-state index is 0.491. The summed E-state index contributed by atoms with van der Waals surface area (Å²) in [4.78, 5) is 0. The molecule has 0 aliphatic rings. The average molecular weight is 349 g/mol. The molecule has 0 unspecified atom stereocenters. The van der Waals surface area contributed by atoms with Crippen LogP contribution in [0.15, 0.2) is 30.5 Å². The molecule has 2 aromatic heterocycles. The predicted molar refractivity (Wildman–Crippen MR) is 98.4 cm³/mol. The predicted octanol–water partition coefficient (Wildman–Crippen LogP) is 1.64. The first-order valence-electron chi connectivity index (χ1n) is 7.15. The molecule has 8 nitrogen and oxygen atoms in total. The number of hydrogen-bond acceptors (Lipinski definition) is 6. The Balaban J connectivity index is 0.000000198. The van der Waals surface area contributed by atoms with Crippen molar-refractivity contribution < 1.29 is 0 Å². The fraction of sp³-hybridized carbons (Fsp3) is 0.200. The Morgan fingerprint density at radius 2 is 1.67 bits per heavy atom. The number of rotatable bonds is 2. The highest BCUT2D eigenvalue weighted by molar-refractivity contribution is 6.30. The molecule has 128 valence electrons. The lowest BCUT2D eigenvalue weighted by Gasteiger charge is -2.04. The summed E-state index contributed by atoms with van der Waals surface area (Å²) in [6.07, 6.45) is 1.55. The monoisotopic (exact) mass is 348 g/mol.